The third-order valence-corrected chi connectivity index (χ3v) is 20.9. The van der Waals surface area contributed by atoms with Gasteiger partial charge in [-0.05, 0) is 206 Å². The minimum absolute atomic E-state index is 0.184. The Kier molecular flexibility index (Phi) is 10.8. The molecule has 4 aliphatic rings. The number of hydrogen-bond acceptors (Lipinski definition) is 2. The molecule has 412 valence electrons. The molecule has 12 aromatic rings. The molecule has 1 N–H and O–H groups in total. The topological polar surface area (TPSA) is 15.3 Å². The van der Waals surface area contributed by atoms with Crippen molar-refractivity contribution in [1.82, 2.24) is 0 Å². The van der Waals surface area contributed by atoms with Gasteiger partial charge in [0.2, 0.25) is 0 Å². The molecule has 1 aliphatic heterocycles. The Morgan fingerprint density at radius 3 is 1.32 bits per heavy atom. The van der Waals surface area contributed by atoms with Crippen LogP contribution in [0, 0.1) is 0 Å². The maximum atomic E-state index is 3.81. The Labute approximate surface area is 501 Å². The van der Waals surface area contributed by atoms with Gasteiger partial charge in [0.05, 0.1) is 11.4 Å². The van der Waals surface area contributed by atoms with Crippen LogP contribution in [0.1, 0.15) is 125 Å². The average Bonchev–Trinajstić information content (AvgIpc) is 1.75. The Hall–Kier alpha value is -9.24. The molecule has 85 heavy (non-hydrogen) atoms. The summed E-state index contributed by atoms with van der Waals surface area (Å²) < 4.78 is 0. The van der Waals surface area contributed by atoms with Gasteiger partial charge in [-0.1, -0.05) is 233 Å². The smallest absolute Gasteiger partial charge is 0.0506 e. The zero-order valence-corrected chi connectivity index (χ0v) is 50.5. The molecule has 3 aliphatic carbocycles. The third kappa shape index (κ3) is 7.50. The lowest BCUT2D eigenvalue weighted by Crippen LogP contribution is -2.31. The molecule has 0 saturated carbocycles. The number of anilines is 5. The van der Waals surface area contributed by atoms with E-state index in [1.165, 1.54) is 150 Å². The van der Waals surface area contributed by atoms with E-state index in [0.717, 1.165) is 11.4 Å². The highest BCUT2D eigenvalue weighted by Crippen LogP contribution is 2.59. The maximum Gasteiger partial charge on any atom is 0.0506 e. The molecular formula is C83H70N2. The fraction of sp³-hybridized carbons (Fsp3) is 0.181. The number of nitrogens with zero attached hydrogens (tertiary/aromatic N) is 1. The number of benzene rings is 12. The van der Waals surface area contributed by atoms with Gasteiger partial charge in [0.15, 0.2) is 0 Å². The van der Waals surface area contributed by atoms with Gasteiger partial charge in [0.1, 0.15) is 0 Å². The summed E-state index contributed by atoms with van der Waals surface area (Å²) in [5.41, 5.74) is 31.6. The van der Waals surface area contributed by atoms with Gasteiger partial charge in [-0.2, -0.15) is 0 Å². The summed E-state index contributed by atoms with van der Waals surface area (Å²) in [7, 11) is 0. The Bertz CT molecular complexity index is 4850. The summed E-state index contributed by atoms with van der Waals surface area (Å²) >= 11 is 0. The molecule has 0 unspecified atom stereocenters. The van der Waals surface area contributed by atoms with E-state index in [2.05, 4.69) is 316 Å². The van der Waals surface area contributed by atoms with Gasteiger partial charge in [-0.15, -0.1) is 0 Å². The van der Waals surface area contributed by atoms with Crippen molar-refractivity contribution in [1.29, 1.82) is 0 Å². The molecule has 16 rings (SSSR count). The van der Waals surface area contributed by atoms with Crippen LogP contribution in [0.4, 0.5) is 28.4 Å². The van der Waals surface area contributed by atoms with Crippen molar-refractivity contribution < 1.29 is 0 Å². The van der Waals surface area contributed by atoms with E-state index in [9.17, 15) is 0 Å². The van der Waals surface area contributed by atoms with Crippen LogP contribution in [0.25, 0.3) is 77.2 Å². The van der Waals surface area contributed by atoms with Crippen molar-refractivity contribution in [3.05, 3.63) is 292 Å². The predicted octanol–water partition coefficient (Wildman–Crippen LogP) is 22.4. The van der Waals surface area contributed by atoms with E-state index in [0.29, 0.717) is 0 Å². The first-order valence-corrected chi connectivity index (χ1v) is 30.6. The van der Waals surface area contributed by atoms with E-state index < -0.39 is 0 Å². The van der Waals surface area contributed by atoms with Crippen molar-refractivity contribution in [3.63, 3.8) is 0 Å². The van der Waals surface area contributed by atoms with E-state index in [-0.39, 0.29) is 27.1 Å². The largest absolute Gasteiger partial charge is 0.355 e. The molecule has 0 aromatic heterocycles. The van der Waals surface area contributed by atoms with Gasteiger partial charge in [0.25, 0.3) is 0 Å². The fourth-order valence-electron chi connectivity index (χ4n) is 15.8. The summed E-state index contributed by atoms with van der Waals surface area (Å²) in [6.07, 6.45) is 0. The van der Waals surface area contributed by atoms with Crippen LogP contribution in [0.5, 0.6) is 0 Å². The van der Waals surface area contributed by atoms with Crippen LogP contribution >= 0.6 is 0 Å². The van der Waals surface area contributed by atoms with Crippen molar-refractivity contribution in [2.24, 2.45) is 0 Å². The summed E-state index contributed by atoms with van der Waals surface area (Å²) in [5, 5.41) is 8.79. The molecule has 12 aromatic carbocycles. The molecule has 0 fully saturated rings. The van der Waals surface area contributed by atoms with Crippen LogP contribution < -0.4 is 10.2 Å². The SMILES string of the molecule is CC(C)(c1ccc2c(c1)C(C)(C)c1cc(-c3ccc4c(c3)C(C)(C)c3cc(-c5ccc6c(c5)C(C)(C)c5cc7c(cc5-6)C(C)(C)c5ccccc5N7c5ccc6ccccc6c5)ccc3-4)ccc1-2)c1ccccc1Nc1ccc2ccccc2c1. The Morgan fingerprint density at radius 2 is 0.741 bits per heavy atom. The lowest BCUT2D eigenvalue weighted by atomic mass is 9.71. The number of nitrogens with one attached hydrogen (secondary N) is 1. The average molecular weight is 1100 g/mol. The number of fused-ring (bicyclic) bond motifs is 13. The molecular weight excluding hydrogens is 1020 g/mol. The van der Waals surface area contributed by atoms with E-state index >= 15 is 0 Å². The number of hydrogen-bond donors (Lipinski definition) is 1. The van der Waals surface area contributed by atoms with Crippen LogP contribution in [0.2, 0.25) is 0 Å². The molecule has 2 heteroatoms. The Morgan fingerprint density at radius 1 is 0.306 bits per heavy atom. The third-order valence-electron chi connectivity index (χ3n) is 20.9. The second-order valence-electron chi connectivity index (χ2n) is 27.5. The highest BCUT2D eigenvalue weighted by molar-refractivity contribution is 5.96. The van der Waals surface area contributed by atoms with Crippen LogP contribution in [-0.4, -0.2) is 0 Å². The normalized spacial score (nSPS) is 15.8. The quantitative estimate of drug-likeness (QED) is 0.171. The van der Waals surface area contributed by atoms with E-state index in [1.54, 1.807) is 0 Å². The van der Waals surface area contributed by atoms with Crippen molar-refractivity contribution in [3.8, 4) is 55.6 Å². The van der Waals surface area contributed by atoms with E-state index in [4.69, 9.17) is 0 Å². The zero-order chi connectivity index (χ0) is 58.1. The minimum Gasteiger partial charge on any atom is -0.355 e. The first kappa shape index (κ1) is 51.4. The van der Waals surface area contributed by atoms with Gasteiger partial charge in [-0.25, -0.2) is 0 Å². The van der Waals surface area contributed by atoms with Gasteiger partial charge < -0.3 is 10.2 Å². The number of rotatable bonds is 7. The predicted molar refractivity (Wildman–Crippen MR) is 360 cm³/mol. The van der Waals surface area contributed by atoms with Gasteiger partial charge >= 0.3 is 0 Å². The van der Waals surface area contributed by atoms with Gasteiger partial charge in [-0.3, -0.25) is 0 Å². The first-order valence-electron chi connectivity index (χ1n) is 30.6. The first-order chi connectivity index (χ1) is 40.9. The van der Waals surface area contributed by atoms with Crippen molar-refractivity contribution in [2.45, 2.75) is 96.3 Å². The molecule has 0 radical (unpaired) electrons. The minimum atomic E-state index is -0.262. The second kappa shape index (κ2) is 17.9. The zero-order valence-electron chi connectivity index (χ0n) is 50.5. The molecule has 2 nitrogen and oxygen atoms in total. The molecule has 0 bridgehead atoms. The number of para-hydroxylation sites is 2. The second-order valence-corrected chi connectivity index (χ2v) is 27.5. The standard InChI is InChI=1S/C83H70N2/c1-79(2,67-23-15-17-25-76(67)84-59-34-27-50-19-11-13-21-52(50)41-59)58-33-40-64-63-38-31-56(45-71(63)82(7,8)73(64)47-58)54-29-36-61-62-37-30-55(44-70(62)81(5,6)69(61)43-54)57-32-39-65-66-48-75-78(49-74(66)83(9,10)72(65)46-57)85(77-26-18-16-24-68(77)80(75,3)4)60-35-28-51-20-12-14-22-53(51)42-60/h11-49,84H,1-10H3. The molecule has 0 atom stereocenters. The Balaban J connectivity index is 0.692. The lowest BCUT2D eigenvalue weighted by Gasteiger charge is -2.43. The van der Waals surface area contributed by atoms with Crippen LogP contribution in [-0.2, 0) is 27.1 Å². The molecule has 1 heterocycles. The molecule has 0 amide bonds. The monoisotopic (exact) mass is 1090 g/mol. The van der Waals surface area contributed by atoms with Crippen molar-refractivity contribution in [2.75, 3.05) is 10.2 Å². The maximum absolute atomic E-state index is 3.81. The molecule has 0 spiro atoms. The summed E-state index contributed by atoms with van der Waals surface area (Å²) in [6, 6.07) is 90.0. The fourth-order valence-corrected chi connectivity index (χ4v) is 15.8. The lowest BCUT2D eigenvalue weighted by molar-refractivity contribution is 0.627. The molecule has 0 saturated heterocycles. The van der Waals surface area contributed by atoms with Crippen molar-refractivity contribution >= 4 is 50.0 Å². The van der Waals surface area contributed by atoms with E-state index in [1.807, 2.05) is 0 Å². The highest BCUT2D eigenvalue weighted by Gasteiger charge is 2.44. The van der Waals surface area contributed by atoms with Crippen LogP contribution in [0.3, 0.4) is 0 Å². The van der Waals surface area contributed by atoms with Gasteiger partial charge in [0, 0.05) is 44.1 Å². The summed E-state index contributed by atoms with van der Waals surface area (Å²) in [5.74, 6) is 0. The van der Waals surface area contributed by atoms with Crippen LogP contribution in [0.15, 0.2) is 237 Å². The summed E-state index contributed by atoms with van der Waals surface area (Å²) in [6.45, 7) is 24.1. The summed E-state index contributed by atoms with van der Waals surface area (Å²) in [4.78, 5) is 2.52. The highest BCUT2D eigenvalue weighted by atomic mass is 15.2.